The number of carbonyl (C=O) groups is 1. The van der Waals surface area contributed by atoms with E-state index < -0.39 is 14.3 Å². The van der Waals surface area contributed by atoms with Crippen LogP contribution >= 0.6 is 0 Å². The van der Waals surface area contributed by atoms with E-state index in [-0.39, 0.29) is 32.7 Å². The van der Waals surface area contributed by atoms with E-state index in [0.717, 1.165) is 11.3 Å². The fourth-order valence-electron chi connectivity index (χ4n) is 1.75. The summed E-state index contributed by atoms with van der Waals surface area (Å²) in [5.41, 5.74) is 0.893. The third-order valence-corrected chi connectivity index (χ3v) is 5.28. The number of rotatable bonds is 7. The molecule has 0 N–H and O–H groups in total. The number of ether oxygens (including phenoxy) is 2. The molecule has 2 aromatic rings. The monoisotopic (exact) mass is 430 g/mol. The van der Waals surface area contributed by atoms with Crippen molar-refractivity contribution in [1.29, 1.82) is 0 Å². The molecule has 0 aromatic heterocycles. The Labute approximate surface area is 175 Å². The van der Waals surface area contributed by atoms with Crippen LogP contribution in [0.3, 0.4) is 0 Å². The molecule has 0 saturated carbocycles. The molecule has 0 aliphatic rings. The summed E-state index contributed by atoms with van der Waals surface area (Å²) in [5, 5.41) is 0. The van der Waals surface area contributed by atoms with Gasteiger partial charge in [0.2, 0.25) is 8.32 Å². The smallest absolute Gasteiger partial charge is 0.334 e. The maximum Gasteiger partial charge on any atom is 0.334 e. The Morgan fingerprint density at radius 2 is 1.72 bits per heavy atom. The van der Waals surface area contributed by atoms with Crippen molar-refractivity contribution < 1.29 is 51.4 Å². The Balaban J connectivity index is 0.00000312. The molecule has 0 amide bonds. The first-order chi connectivity index (χ1) is 11.5. The summed E-state index contributed by atoms with van der Waals surface area (Å²) >= 11 is 0. The number of esters is 1. The second kappa shape index (κ2) is 10.7. The van der Waals surface area contributed by atoms with Gasteiger partial charge >= 0.3 is 5.97 Å². The van der Waals surface area contributed by atoms with Gasteiger partial charge in [-0.25, -0.2) is 4.79 Å². The van der Waals surface area contributed by atoms with Crippen molar-refractivity contribution in [2.75, 3.05) is 13.3 Å². The average Bonchev–Trinajstić information content (AvgIpc) is 2.60. The maximum absolute atomic E-state index is 11.7. The Hall–Kier alpha value is -1.27. The summed E-state index contributed by atoms with van der Waals surface area (Å²) < 4.78 is 16.4. The van der Waals surface area contributed by atoms with Gasteiger partial charge in [-0.1, -0.05) is 12.1 Å². The molecule has 0 saturated heterocycles. The van der Waals surface area contributed by atoms with E-state index in [1.165, 1.54) is 6.08 Å². The first kappa shape index (κ1) is 21.8. The molecule has 0 atom stereocenters. The molecule has 1 radical (unpaired) electrons. The van der Waals surface area contributed by atoms with Gasteiger partial charge in [-0.15, -0.1) is 12.1 Å². The Bertz CT molecular complexity index is 684. The largest absolute Gasteiger partial charge is 0.494 e. The number of carbonyl (C=O) groups excluding carboxylic acids is 1. The predicted molar refractivity (Wildman–Crippen MR) is 96.4 cm³/mol. The van der Waals surface area contributed by atoms with Crippen LogP contribution in [0.15, 0.2) is 54.6 Å². The Kier molecular flexibility index (Phi) is 9.28. The molecule has 129 valence electrons. The van der Waals surface area contributed by atoms with Crippen molar-refractivity contribution in [3.63, 3.8) is 0 Å². The van der Waals surface area contributed by atoms with Crippen LogP contribution < -0.4 is 9.47 Å². The second-order valence-electron chi connectivity index (χ2n) is 5.81. The minimum Gasteiger partial charge on any atom is -0.494 e. The van der Waals surface area contributed by atoms with Gasteiger partial charge in [-0.2, -0.15) is 18.2 Å². The minimum atomic E-state index is -1.74. The number of benzene rings is 2. The summed E-state index contributed by atoms with van der Waals surface area (Å²) in [6.07, 6.45) is 3.70. The third kappa shape index (κ3) is 8.10. The molecular formula is C19H21O4SiY-. The second-order valence-corrected chi connectivity index (χ2v) is 10.0. The normalized spacial score (nSPS) is 11.0. The van der Waals surface area contributed by atoms with Crippen molar-refractivity contribution in [1.82, 2.24) is 0 Å². The summed E-state index contributed by atoms with van der Waals surface area (Å²) in [4.78, 5) is 11.7. The van der Waals surface area contributed by atoms with Gasteiger partial charge in [-0.05, 0) is 36.9 Å². The summed E-state index contributed by atoms with van der Waals surface area (Å²) in [5.74, 6) is 0.860. The SMILES string of the molecule is CO[Si](C)(C)COc1ccc(/C=C/C(=O)Oc2cc[c-]cc2)cc1.[Y]. The molecule has 0 aliphatic carbocycles. The van der Waals surface area contributed by atoms with Crippen molar-refractivity contribution in [3.8, 4) is 11.5 Å². The van der Waals surface area contributed by atoms with Crippen molar-refractivity contribution in [2.24, 2.45) is 0 Å². The van der Waals surface area contributed by atoms with Crippen molar-refractivity contribution in [2.45, 2.75) is 13.1 Å². The molecule has 2 rings (SSSR count). The fourth-order valence-corrected chi connectivity index (χ4v) is 2.38. The van der Waals surface area contributed by atoms with Crippen LogP contribution in [0, 0.1) is 6.07 Å². The Morgan fingerprint density at radius 3 is 2.32 bits per heavy atom. The predicted octanol–water partition coefficient (Wildman–Crippen LogP) is 3.87. The van der Waals surface area contributed by atoms with Gasteiger partial charge in [0, 0.05) is 51.6 Å². The molecule has 0 spiro atoms. The fraction of sp³-hybridized carbons (Fsp3) is 0.211. The van der Waals surface area contributed by atoms with Gasteiger partial charge < -0.3 is 13.9 Å². The van der Waals surface area contributed by atoms with E-state index in [4.69, 9.17) is 13.9 Å². The molecule has 0 unspecified atom stereocenters. The van der Waals surface area contributed by atoms with E-state index in [9.17, 15) is 4.79 Å². The third-order valence-electron chi connectivity index (χ3n) is 3.34. The van der Waals surface area contributed by atoms with E-state index in [2.05, 4.69) is 19.2 Å². The molecule has 2 aromatic carbocycles. The zero-order valence-electron chi connectivity index (χ0n) is 14.7. The van der Waals surface area contributed by atoms with E-state index in [1.807, 2.05) is 24.3 Å². The van der Waals surface area contributed by atoms with Gasteiger partial charge in [0.15, 0.2) is 0 Å². The molecular weight excluding hydrogens is 409 g/mol. The van der Waals surface area contributed by atoms with E-state index in [0.29, 0.717) is 12.0 Å². The molecule has 0 heterocycles. The quantitative estimate of drug-likeness (QED) is 0.220. The van der Waals surface area contributed by atoms with Crippen LogP contribution in [0.4, 0.5) is 0 Å². The first-order valence-electron chi connectivity index (χ1n) is 7.62. The standard InChI is InChI=1S/C19H21O4Si.Y/c1-21-24(2,3)15-22-17-12-9-16(10-13-17)11-14-19(20)23-18-7-5-4-6-8-18;/h5-14H,15H2,1-3H3;/q-1;/b14-11+;. The van der Waals surface area contributed by atoms with Crippen molar-refractivity contribution >= 4 is 20.4 Å². The number of hydrogen-bond donors (Lipinski definition) is 0. The maximum atomic E-state index is 11.7. The zero-order chi connectivity index (χ0) is 17.4. The van der Waals surface area contributed by atoms with Gasteiger partial charge in [0.05, 0.1) is 0 Å². The molecule has 25 heavy (non-hydrogen) atoms. The summed E-state index contributed by atoms with van der Waals surface area (Å²) in [6, 6.07) is 17.1. The van der Waals surface area contributed by atoms with E-state index in [1.54, 1.807) is 37.5 Å². The molecule has 4 nitrogen and oxygen atoms in total. The molecule has 0 bridgehead atoms. The first-order valence-corrected chi connectivity index (χ1v) is 10.7. The molecule has 6 heteroatoms. The van der Waals surface area contributed by atoms with Crippen molar-refractivity contribution in [3.05, 3.63) is 66.2 Å². The zero-order valence-corrected chi connectivity index (χ0v) is 18.5. The van der Waals surface area contributed by atoms with Gasteiger partial charge in [-0.3, -0.25) is 0 Å². The van der Waals surface area contributed by atoms with Crippen LogP contribution in [-0.4, -0.2) is 27.6 Å². The number of hydrogen-bond acceptors (Lipinski definition) is 4. The van der Waals surface area contributed by atoms with Crippen LogP contribution in [0.1, 0.15) is 5.56 Å². The van der Waals surface area contributed by atoms with Crippen LogP contribution in [0.5, 0.6) is 11.5 Å². The van der Waals surface area contributed by atoms with Gasteiger partial charge in [0.25, 0.3) is 0 Å². The van der Waals surface area contributed by atoms with E-state index >= 15 is 0 Å². The van der Waals surface area contributed by atoms with Crippen LogP contribution in [0.25, 0.3) is 6.08 Å². The minimum absolute atomic E-state index is 0. The van der Waals surface area contributed by atoms with Crippen LogP contribution in [-0.2, 0) is 41.9 Å². The van der Waals surface area contributed by atoms with Gasteiger partial charge in [0.1, 0.15) is 12.0 Å². The van der Waals surface area contributed by atoms with Crippen LogP contribution in [0.2, 0.25) is 13.1 Å². The topological polar surface area (TPSA) is 44.8 Å². The summed E-state index contributed by atoms with van der Waals surface area (Å²) in [7, 11) is -0.0221. The molecule has 0 fully saturated rings. The average molecular weight is 430 g/mol. The molecule has 0 aliphatic heterocycles. The summed E-state index contributed by atoms with van der Waals surface area (Å²) in [6.45, 7) is 4.20. The Morgan fingerprint density at radius 1 is 1.08 bits per heavy atom.